The number of nitrogens with zero attached hydrogens (tertiary/aromatic N) is 1. The lowest BCUT2D eigenvalue weighted by Gasteiger charge is -2.39. The Morgan fingerprint density at radius 3 is 2.63 bits per heavy atom. The predicted molar refractivity (Wildman–Crippen MR) is 130 cm³/mol. The average molecular weight is 452 g/mol. The van der Waals surface area contributed by atoms with E-state index in [2.05, 4.69) is 70.2 Å². The van der Waals surface area contributed by atoms with E-state index < -0.39 is 8.32 Å². The molecule has 30 heavy (non-hydrogen) atoms. The highest BCUT2D eigenvalue weighted by Crippen LogP contribution is 2.38. The summed E-state index contributed by atoms with van der Waals surface area (Å²) in [5.74, 6) is 0. The van der Waals surface area contributed by atoms with Gasteiger partial charge >= 0.3 is 0 Å². The van der Waals surface area contributed by atoms with E-state index in [0.717, 1.165) is 36.6 Å². The van der Waals surface area contributed by atoms with Crippen molar-refractivity contribution in [2.75, 3.05) is 13.2 Å². The van der Waals surface area contributed by atoms with Gasteiger partial charge in [0.2, 0.25) is 0 Å². The van der Waals surface area contributed by atoms with Crippen LogP contribution in [0.1, 0.15) is 71.0 Å². The molecule has 1 aromatic heterocycles. The second-order valence-corrected chi connectivity index (χ2v) is 15.8. The number of hydrogen-bond acceptors (Lipinski definition) is 5. The molecule has 1 unspecified atom stereocenters. The molecule has 0 amide bonds. The lowest BCUT2D eigenvalue weighted by atomic mass is 10.1. The maximum absolute atomic E-state index is 6.82. The van der Waals surface area contributed by atoms with Gasteiger partial charge in [0.05, 0.1) is 23.4 Å². The highest BCUT2D eigenvalue weighted by molar-refractivity contribution is 7.09. The van der Waals surface area contributed by atoms with Crippen molar-refractivity contribution in [3.8, 4) is 0 Å². The third-order valence-corrected chi connectivity index (χ3v) is 11.4. The molecule has 1 saturated heterocycles. The molecule has 0 spiro atoms. The van der Waals surface area contributed by atoms with Crippen LogP contribution in [0.3, 0.4) is 0 Å². The Labute approximate surface area is 188 Å². The van der Waals surface area contributed by atoms with Gasteiger partial charge in [-0.1, -0.05) is 32.4 Å². The number of ether oxygens (including phenoxy) is 2. The largest absolute Gasteiger partial charge is 0.410 e. The zero-order valence-corrected chi connectivity index (χ0v) is 22.0. The van der Waals surface area contributed by atoms with Gasteiger partial charge in [-0.05, 0) is 76.2 Å². The maximum Gasteiger partial charge on any atom is 0.192 e. The topological polar surface area (TPSA) is 40.6 Å². The Morgan fingerprint density at radius 2 is 2.07 bits per heavy atom. The van der Waals surface area contributed by atoms with Crippen LogP contribution in [-0.2, 0) is 13.9 Å². The third kappa shape index (κ3) is 8.04. The van der Waals surface area contributed by atoms with Gasteiger partial charge in [-0.2, -0.15) is 0 Å². The van der Waals surface area contributed by atoms with Crippen LogP contribution in [0.2, 0.25) is 18.1 Å². The van der Waals surface area contributed by atoms with Gasteiger partial charge in [0.25, 0.3) is 0 Å². The second-order valence-electron chi connectivity index (χ2n) is 9.94. The minimum atomic E-state index is -1.90. The Morgan fingerprint density at radius 1 is 1.33 bits per heavy atom. The summed E-state index contributed by atoms with van der Waals surface area (Å²) in [6, 6.07) is 0. The van der Waals surface area contributed by atoms with Gasteiger partial charge < -0.3 is 13.9 Å². The molecular weight excluding hydrogens is 410 g/mol. The number of aryl methyl sites for hydroxylation is 1. The molecule has 4 nitrogen and oxygen atoms in total. The van der Waals surface area contributed by atoms with Gasteiger partial charge in [-0.15, -0.1) is 11.3 Å². The molecule has 2 heterocycles. The highest BCUT2D eigenvalue weighted by atomic mass is 32.1. The van der Waals surface area contributed by atoms with Crippen LogP contribution in [-0.4, -0.2) is 38.9 Å². The van der Waals surface area contributed by atoms with Crippen molar-refractivity contribution in [3.63, 3.8) is 0 Å². The quantitative estimate of drug-likeness (QED) is 0.296. The SMILES string of the molecule is C/C(=C/C[C@H](O[Si](C)(C)C(C)(C)C)/C(C)=C/c1csc(C)n1)COC1CCCCO1. The predicted octanol–water partition coefficient (Wildman–Crippen LogP) is 7.12. The lowest BCUT2D eigenvalue weighted by molar-refractivity contribution is -0.156. The fourth-order valence-electron chi connectivity index (χ4n) is 3.07. The molecule has 2 rings (SSSR count). The lowest BCUT2D eigenvalue weighted by Crippen LogP contribution is -2.44. The summed E-state index contributed by atoms with van der Waals surface area (Å²) >= 11 is 1.69. The molecule has 1 aliphatic rings. The Balaban J connectivity index is 2.08. The van der Waals surface area contributed by atoms with Gasteiger partial charge in [0.15, 0.2) is 14.6 Å². The van der Waals surface area contributed by atoms with Crippen LogP contribution in [0.25, 0.3) is 6.08 Å². The maximum atomic E-state index is 6.82. The molecule has 0 bridgehead atoms. The summed E-state index contributed by atoms with van der Waals surface area (Å²) in [4.78, 5) is 4.60. The van der Waals surface area contributed by atoms with E-state index in [-0.39, 0.29) is 17.4 Å². The van der Waals surface area contributed by atoms with Gasteiger partial charge in [-0.25, -0.2) is 4.98 Å². The second kappa shape index (κ2) is 11.2. The first kappa shape index (κ1) is 25.5. The standard InChI is InChI=1S/C24H41NO3SSi/c1-18(16-27-23-11-9-10-14-26-23)12-13-22(28-30(7,8)24(4,5)6)19(2)15-21-17-29-20(3)25-21/h12,15,17,22-23H,9-11,13-14,16H2,1-8H3/b18-12-,19-15+/t22-,23?/m0/s1. The summed E-state index contributed by atoms with van der Waals surface area (Å²) in [5.41, 5.74) is 3.48. The fraction of sp³-hybridized carbons (Fsp3) is 0.708. The average Bonchev–Trinajstić information content (AvgIpc) is 3.07. The van der Waals surface area contributed by atoms with Crippen molar-refractivity contribution in [1.29, 1.82) is 0 Å². The van der Waals surface area contributed by atoms with Gasteiger partial charge in [0.1, 0.15) is 0 Å². The first-order valence-corrected chi connectivity index (χ1v) is 14.9. The number of rotatable bonds is 9. The summed E-state index contributed by atoms with van der Waals surface area (Å²) in [5, 5.41) is 3.37. The van der Waals surface area contributed by atoms with E-state index in [4.69, 9.17) is 13.9 Å². The Bertz CT molecular complexity index is 727. The molecule has 0 N–H and O–H groups in total. The van der Waals surface area contributed by atoms with Crippen LogP contribution in [0.5, 0.6) is 0 Å². The van der Waals surface area contributed by atoms with Crippen LogP contribution < -0.4 is 0 Å². The monoisotopic (exact) mass is 451 g/mol. The summed E-state index contributed by atoms with van der Waals surface area (Å²) < 4.78 is 18.4. The normalized spacial score (nSPS) is 20.5. The van der Waals surface area contributed by atoms with Crippen LogP contribution in [0.4, 0.5) is 0 Å². The summed E-state index contributed by atoms with van der Waals surface area (Å²) in [6.07, 6.45) is 8.63. The van der Waals surface area contributed by atoms with Crippen LogP contribution >= 0.6 is 11.3 Å². The molecule has 6 heteroatoms. The molecule has 2 atom stereocenters. The van der Waals surface area contributed by atoms with Gasteiger partial charge in [-0.3, -0.25) is 0 Å². The Kier molecular flexibility index (Phi) is 9.49. The minimum absolute atomic E-state index is 0.0454. The molecule has 0 aliphatic carbocycles. The van der Waals surface area contributed by atoms with Crippen molar-refractivity contribution in [2.24, 2.45) is 0 Å². The van der Waals surface area contributed by atoms with Crippen molar-refractivity contribution >= 4 is 25.7 Å². The van der Waals surface area contributed by atoms with E-state index in [1.54, 1.807) is 11.3 Å². The summed E-state index contributed by atoms with van der Waals surface area (Å²) in [6.45, 7) is 19.3. The van der Waals surface area contributed by atoms with Crippen molar-refractivity contribution in [2.45, 2.75) is 97.8 Å². The van der Waals surface area contributed by atoms with E-state index >= 15 is 0 Å². The van der Waals surface area contributed by atoms with E-state index in [1.165, 1.54) is 17.6 Å². The highest BCUT2D eigenvalue weighted by Gasteiger charge is 2.39. The van der Waals surface area contributed by atoms with E-state index in [1.807, 2.05) is 6.92 Å². The molecule has 1 aliphatic heterocycles. The van der Waals surface area contributed by atoms with Crippen molar-refractivity contribution < 1.29 is 13.9 Å². The molecular formula is C24H41NO3SSi. The molecule has 0 saturated carbocycles. The van der Waals surface area contributed by atoms with Crippen molar-refractivity contribution in [1.82, 2.24) is 4.98 Å². The van der Waals surface area contributed by atoms with Crippen LogP contribution in [0.15, 0.2) is 22.6 Å². The number of aromatic nitrogens is 1. The fourth-order valence-corrected chi connectivity index (χ4v) is 4.98. The third-order valence-electron chi connectivity index (χ3n) is 6.08. The first-order chi connectivity index (χ1) is 14.0. The zero-order valence-electron chi connectivity index (χ0n) is 20.2. The van der Waals surface area contributed by atoms with E-state index in [9.17, 15) is 0 Å². The minimum Gasteiger partial charge on any atom is -0.410 e. The molecule has 170 valence electrons. The first-order valence-electron chi connectivity index (χ1n) is 11.1. The smallest absolute Gasteiger partial charge is 0.192 e. The Hall–Kier alpha value is -0.793. The number of thiazole rings is 1. The van der Waals surface area contributed by atoms with Gasteiger partial charge in [0, 0.05) is 12.0 Å². The molecule has 1 fully saturated rings. The van der Waals surface area contributed by atoms with E-state index in [0.29, 0.717) is 6.61 Å². The molecule has 0 aromatic carbocycles. The summed E-state index contributed by atoms with van der Waals surface area (Å²) in [7, 11) is -1.90. The van der Waals surface area contributed by atoms with Crippen molar-refractivity contribution in [3.05, 3.63) is 33.3 Å². The number of hydrogen-bond donors (Lipinski definition) is 0. The molecule has 1 aromatic rings. The zero-order chi connectivity index (χ0) is 22.4. The molecule has 0 radical (unpaired) electrons. The van der Waals surface area contributed by atoms with Crippen LogP contribution in [0, 0.1) is 6.92 Å².